The molecule has 0 unspecified atom stereocenters. The maximum atomic E-state index is 12.9. The first kappa shape index (κ1) is 15.2. The highest BCUT2D eigenvalue weighted by Gasteiger charge is 2.20. The van der Waals surface area contributed by atoms with E-state index < -0.39 is 26.8 Å². The second-order valence-electron chi connectivity index (χ2n) is 3.90. The number of carboxylic acids is 1. The fourth-order valence-electron chi connectivity index (χ4n) is 1.50. The van der Waals surface area contributed by atoms with Crippen molar-refractivity contribution >= 4 is 33.4 Å². The minimum Gasteiger partial charge on any atom is -0.478 e. The van der Waals surface area contributed by atoms with Gasteiger partial charge in [-0.25, -0.2) is 18.2 Å². The molecule has 2 N–H and O–H groups in total. The lowest BCUT2D eigenvalue weighted by atomic mass is 10.2. The number of hydrogen-bond donors (Lipinski definition) is 2. The predicted octanol–water partition coefficient (Wildman–Crippen LogP) is 2.37. The summed E-state index contributed by atoms with van der Waals surface area (Å²) in [5.41, 5.74) is -0.244. The summed E-state index contributed by atoms with van der Waals surface area (Å²) >= 11 is 5.78. The third kappa shape index (κ3) is 3.47. The standard InChI is InChI=1S/C12H8ClFN2O4S/c13-8-5-4-7(12(17)18)6-9(8)21(19,20)16-11-3-1-2-10(14)15-11/h1-6H,(H,15,16)(H,17,18). The van der Waals surface area contributed by atoms with Gasteiger partial charge in [-0.05, 0) is 30.3 Å². The number of nitrogens with one attached hydrogen (secondary N) is 1. The maximum absolute atomic E-state index is 12.9. The largest absolute Gasteiger partial charge is 0.478 e. The SMILES string of the molecule is O=C(O)c1ccc(Cl)c(S(=O)(=O)Nc2cccc(F)n2)c1. The fourth-order valence-corrected chi connectivity index (χ4v) is 3.03. The van der Waals surface area contributed by atoms with Crippen molar-refractivity contribution in [3.05, 3.63) is 52.9 Å². The second kappa shape index (κ2) is 5.66. The molecule has 110 valence electrons. The van der Waals surface area contributed by atoms with Crippen LogP contribution >= 0.6 is 11.6 Å². The molecule has 1 heterocycles. The van der Waals surface area contributed by atoms with Crippen molar-refractivity contribution in [1.29, 1.82) is 0 Å². The Morgan fingerprint density at radius 1 is 1.29 bits per heavy atom. The summed E-state index contributed by atoms with van der Waals surface area (Å²) in [6.45, 7) is 0. The molecule has 0 aliphatic rings. The van der Waals surface area contributed by atoms with Gasteiger partial charge >= 0.3 is 5.97 Å². The van der Waals surface area contributed by atoms with Crippen LogP contribution in [0.4, 0.5) is 10.2 Å². The molecule has 0 spiro atoms. The van der Waals surface area contributed by atoms with E-state index in [0.29, 0.717) is 0 Å². The number of benzene rings is 1. The van der Waals surface area contributed by atoms with Gasteiger partial charge < -0.3 is 5.11 Å². The van der Waals surface area contributed by atoms with E-state index in [4.69, 9.17) is 16.7 Å². The molecule has 6 nitrogen and oxygen atoms in total. The number of anilines is 1. The molecule has 1 aromatic heterocycles. The highest BCUT2D eigenvalue weighted by atomic mass is 35.5. The van der Waals surface area contributed by atoms with Gasteiger partial charge in [0.25, 0.3) is 10.0 Å². The highest BCUT2D eigenvalue weighted by Crippen LogP contribution is 2.24. The zero-order chi connectivity index (χ0) is 15.6. The number of aromatic carboxylic acids is 1. The van der Waals surface area contributed by atoms with Crippen molar-refractivity contribution in [1.82, 2.24) is 4.98 Å². The number of pyridine rings is 1. The van der Waals surface area contributed by atoms with E-state index >= 15 is 0 Å². The molecule has 0 amide bonds. The number of carboxylic acid groups (broad SMARTS) is 1. The van der Waals surface area contributed by atoms with E-state index in [-0.39, 0.29) is 16.4 Å². The Morgan fingerprint density at radius 3 is 2.62 bits per heavy atom. The lowest BCUT2D eigenvalue weighted by molar-refractivity contribution is 0.0696. The number of rotatable bonds is 4. The molecule has 9 heteroatoms. The topological polar surface area (TPSA) is 96.4 Å². The molecular weight excluding hydrogens is 323 g/mol. The molecule has 1 aromatic carbocycles. The molecule has 0 atom stereocenters. The number of nitrogens with zero attached hydrogens (tertiary/aromatic N) is 1. The summed E-state index contributed by atoms with van der Waals surface area (Å²) < 4.78 is 39.3. The molecule has 0 saturated heterocycles. The Labute approximate surface area is 124 Å². The van der Waals surface area contributed by atoms with Gasteiger partial charge in [0, 0.05) is 0 Å². The molecule has 0 aliphatic carbocycles. The molecule has 21 heavy (non-hydrogen) atoms. The molecule has 2 aromatic rings. The van der Waals surface area contributed by atoms with Crippen molar-refractivity contribution in [2.24, 2.45) is 0 Å². The average molecular weight is 331 g/mol. The Bertz CT molecular complexity index is 811. The lowest BCUT2D eigenvalue weighted by Crippen LogP contribution is -2.15. The van der Waals surface area contributed by atoms with Crippen molar-refractivity contribution in [2.45, 2.75) is 4.90 Å². The third-order valence-corrected chi connectivity index (χ3v) is 4.26. The van der Waals surface area contributed by atoms with Crippen LogP contribution in [-0.4, -0.2) is 24.5 Å². The molecule has 0 saturated carbocycles. The molecular formula is C12H8ClFN2O4S. The smallest absolute Gasteiger partial charge is 0.335 e. The molecule has 0 fully saturated rings. The van der Waals surface area contributed by atoms with E-state index in [9.17, 15) is 17.6 Å². The summed E-state index contributed by atoms with van der Waals surface area (Å²) in [5.74, 6) is -2.40. The van der Waals surface area contributed by atoms with Gasteiger partial charge in [-0.1, -0.05) is 17.7 Å². The highest BCUT2D eigenvalue weighted by molar-refractivity contribution is 7.92. The average Bonchev–Trinajstić information content (AvgIpc) is 2.38. The van der Waals surface area contributed by atoms with Gasteiger partial charge in [0.2, 0.25) is 5.95 Å². The van der Waals surface area contributed by atoms with E-state index in [1.165, 1.54) is 18.2 Å². The van der Waals surface area contributed by atoms with Crippen molar-refractivity contribution in [3.8, 4) is 0 Å². The first-order valence-corrected chi connectivity index (χ1v) is 7.34. The van der Waals surface area contributed by atoms with Crippen LogP contribution in [0.15, 0.2) is 41.3 Å². The predicted molar refractivity (Wildman–Crippen MR) is 73.4 cm³/mol. The second-order valence-corrected chi connectivity index (χ2v) is 5.96. The fraction of sp³-hybridized carbons (Fsp3) is 0. The summed E-state index contributed by atoms with van der Waals surface area (Å²) in [7, 11) is -4.19. The molecule has 2 rings (SSSR count). The van der Waals surface area contributed by atoms with Gasteiger partial charge in [0.15, 0.2) is 0 Å². The van der Waals surface area contributed by atoms with Gasteiger partial charge in [-0.2, -0.15) is 4.39 Å². The van der Waals surface area contributed by atoms with Crippen LogP contribution in [0.25, 0.3) is 0 Å². The summed E-state index contributed by atoms with van der Waals surface area (Å²) in [6, 6.07) is 6.80. The zero-order valence-electron chi connectivity index (χ0n) is 10.2. The van der Waals surface area contributed by atoms with Crippen LogP contribution in [0.2, 0.25) is 5.02 Å². The van der Waals surface area contributed by atoms with Crippen LogP contribution in [0.5, 0.6) is 0 Å². The van der Waals surface area contributed by atoms with Crippen LogP contribution in [0.1, 0.15) is 10.4 Å². The summed E-state index contributed by atoms with van der Waals surface area (Å²) in [6.07, 6.45) is 0. The summed E-state index contributed by atoms with van der Waals surface area (Å²) in [5, 5.41) is 8.71. The van der Waals surface area contributed by atoms with Gasteiger partial charge in [-0.3, -0.25) is 4.72 Å². The quantitative estimate of drug-likeness (QED) is 0.839. The van der Waals surface area contributed by atoms with Crippen LogP contribution < -0.4 is 4.72 Å². The zero-order valence-corrected chi connectivity index (χ0v) is 11.8. The van der Waals surface area contributed by atoms with Crippen molar-refractivity contribution in [3.63, 3.8) is 0 Å². The van der Waals surface area contributed by atoms with E-state index in [2.05, 4.69) is 4.98 Å². The van der Waals surface area contributed by atoms with Gasteiger partial charge in [0.1, 0.15) is 10.7 Å². The van der Waals surface area contributed by atoms with Crippen LogP contribution in [0.3, 0.4) is 0 Å². The van der Waals surface area contributed by atoms with Crippen molar-refractivity contribution in [2.75, 3.05) is 4.72 Å². The normalized spacial score (nSPS) is 11.1. The van der Waals surface area contributed by atoms with Gasteiger partial charge in [0.05, 0.1) is 10.6 Å². The maximum Gasteiger partial charge on any atom is 0.335 e. The third-order valence-electron chi connectivity index (χ3n) is 2.42. The Morgan fingerprint density at radius 2 is 2.00 bits per heavy atom. The molecule has 0 aliphatic heterocycles. The number of halogens is 2. The van der Waals surface area contributed by atoms with Crippen LogP contribution in [-0.2, 0) is 10.0 Å². The van der Waals surface area contributed by atoms with Crippen molar-refractivity contribution < 1.29 is 22.7 Å². The Balaban J connectivity index is 2.44. The van der Waals surface area contributed by atoms with E-state index in [0.717, 1.165) is 18.2 Å². The van der Waals surface area contributed by atoms with E-state index in [1.54, 1.807) is 0 Å². The number of hydrogen-bond acceptors (Lipinski definition) is 4. The first-order chi connectivity index (χ1) is 9.79. The number of carbonyl (C=O) groups is 1. The minimum atomic E-state index is -4.19. The van der Waals surface area contributed by atoms with Gasteiger partial charge in [-0.15, -0.1) is 0 Å². The molecule has 0 radical (unpaired) electrons. The number of aromatic nitrogens is 1. The first-order valence-electron chi connectivity index (χ1n) is 5.48. The Kier molecular flexibility index (Phi) is 4.10. The lowest BCUT2D eigenvalue weighted by Gasteiger charge is -2.09. The Hall–Kier alpha value is -2.19. The molecule has 0 bridgehead atoms. The summed E-state index contributed by atoms with van der Waals surface area (Å²) in [4.78, 5) is 13.8. The van der Waals surface area contributed by atoms with Crippen LogP contribution in [0, 0.1) is 5.95 Å². The number of sulfonamides is 1. The monoisotopic (exact) mass is 330 g/mol. The van der Waals surface area contributed by atoms with E-state index in [1.807, 2.05) is 4.72 Å². The minimum absolute atomic E-state index is 0.163.